The first-order valence-electron chi connectivity index (χ1n) is 19.7. The van der Waals surface area contributed by atoms with Crippen molar-refractivity contribution in [1.29, 1.82) is 0 Å². The molecule has 0 N–H and O–H groups in total. The molecule has 0 unspecified atom stereocenters. The molecule has 58 heavy (non-hydrogen) atoms. The van der Waals surface area contributed by atoms with Crippen molar-refractivity contribution in [1.82, 2.24) is 14.1 Å². The average Bonchev–Trinajstić information content (AvgIpc) is 3.88. The van der Waals surface area contributed by atoms with E-state index in [0.717, 1.165) is 57.0 Å². The second kappa shape index (κ2) is 15.0. The zero-order valence-corrected chi connectivity index (χ0v) is 36.6. The second-order valence-corrected chi connectivity index (χ2v) is 17.3. The Labute approximate surface area is 357 Å². The van der Waals surface area contributed by atoms with Crippen LogP contribution in [0, 0.1) is 32.6 Å². The second-order valence-electron chi connectivity index (χ2n) is 17.3. The molecule has 9 rings (SSSR count). The molecule has 0 aliphatic carbocycles. The summed E-state index contributed by atoms with van der Waals surface area (Å²) < 4.78 is 11.0. The number of hydrogen-bond donors (Lipinski definition) is 0. The third kappa shape index (κ3) is 7.13. The van der Waals surface area contributed by atoms with Gasteiger partial charge in [0, 0.05) is 68.4 Å². The van der Waals surface area contributed by atoms with Gasteiger partial charge in [-0.2, -0.15) is 18.8 Å². The molecule has 0 radical (unpaired) electrons. The van der Waals surface area contributed by atoms with Gasteiger partial charge in [-0.1, -0.05) is 114 Å². The molecule has 1 aliphatic rings. The van der Waals surface area contributed by atoms with Crippen molar-refractivity contribution in [3.8, 4) is 23.1 Å². The van der Waals surface area contributed by atoms with Gasteiger partial charge >= 0.3 is 0 Å². The van der Waals surface area contributed by atoms with E-state index in [2.05, 4.69) is 196 Å². The molecular weight excluding hydrogens is 894 g/mol. The van der Waals surface area contributed by atoms with Crippen LogP contribution in [0.25, 0.3) is 33.4 Å². The van der Waals surface area contributed by atoms with Crippen molar-refractivity contribution in [2.45, 2.75) is 72.8 Å². The van der Waals surface area contributed by atoms with Crippen LogP contribution in [0.2, 0.25) is 0 Å². The van der Waals surface area contributed by atoms with Crippen LogP contribution < -0.4 is 14.5 Å². The summed E-state index contributed by atoms with van der Waals surface area (Å²) in [5.74, 6) is 2.02. The number of fused-ring (bicyclic) bond motifs is 4. The summed E-state index contributed by atoms with van der Waals surface area (Å²) in [6.45, 7) is 20.9. The number of rotatable bonds is 7. The van der Waals surface area contributed by atoms with Crippen LogP contribution >= 0.6 is 0 Å². The molecule has 6 nitrogen and oxygen atoms in total. The van der Waals surface area contributed by atoms with Gasteiger partial charge in [-0.05, 0) is 76.1 Å². The van der Waals surface area contributed by atoms with Crippen molar-refractivity contribution in [2.24, 2.45) is 0 Å². The molecule has 296 valence electrons. The van der Waals surface area contributed by atoms with Gasteiger partial charge in [0.2, 0.25) is 5.95 Å². The smallest absolute Gasteiger partial charge is 0.217 e. The van der Waals surface area contributed by atoms with Gasteiger partial charge in [-0.3, -0.25) is 4.57 Å². The van der Waals surface area contributed by atoms with E-state index in [1.54, 1.807) is 0 Å². The number of imidazole rings is 1. The molecule has 1 aliphatic heterocycles. The molecule has 0 saturated heterocycles. The molecule has 0 bridgehead atoms. The summed E-state index contributed by atoms with van der Waals surface area (Å²) in [6, 6.07) is 47.9. The van der Waals surface area contributed by atoms with Crippen LogP contribution in [0.15, 0.2) is 128 Å². The van der Waals surface area contributed by atoms with E-state index in [9.17, 15) is 0 Å². The van der Waals surface area contributed by atoms with Gasteiger partial charge in [-0.15, -0.1) is 41.4 Å². The Morgan fingerprint density at radius 3 is 2.12 bits per heavy atom. The van der Waals surface area contributed by atoms with Gasteiger partial charge in [0.05, 0.1) is 5.69 Å². The largest absolute Gasteiger partial charge is 0.509 e. The van der Waals surface area contributed by atoms with Gasteiger partial charge < -0.3 is 19.1 Å². The zero-order valence-electron chi connectivity index (χ0n) is 34.4. The third-order valence-corrected chi connectivity index (χ3v) is 11.1. The fourth-order valence-electron chi connectivity index (χ4n) is 8.13. The average molecular weight is 942 g/mol. The number of aryl methyl sites for hydroxylation is 2. The fraction of sp³-hybridized carbons (Fsp3) is 0.216. The molecule has 6 aromatic carbocycles. The van der Waals surface area contributed by atoms with Crippen molar-refractivity contribution in [3.63, 3.8) is 0 Å². The summed E-state index contributed by atoms with van der Waals surface area (Å²) >= 11 is 0. The SMILES string of the molecule is Cc1cc(C(C)(C)C)cc(C)c1-n1ccnc1-n1c2[c-]c(Oc3[c-]c(N4[CH-]N(Cc5cccc(C(C)(C)C)c5)c5ccccc54)ccc3)ccc2c2ccccc21.[Pt]. The number of aromatic nitrogens is 3. The molecule has 3 heterocycles. The third-order valence-electron chi connectivity index (χ3n) is 11.1. The van der Waals surface area contributed by atoms with E-state index in [-0.39, 0.29) is 31.9 Å². The van der Waals surface area contributed by atoms with E-state index in [4.69, 9.17) is 9.72 Å². The van der Waals surface area contributed by atoms with Crippen molar-refractivity contribution in [2.75, 3.05) is 9.80 Å². The Balaban J connectivity index is 0.00000469. The van der Waals surface area contributed by atoms with Crippen LogP contribution in [0.1, 0.15) is 69.4 Å². The van der Waals surface area contributed by atoms with Gasteiger partial charge in [0.25, 0.3) is 0 Å². The standard InChI is InChI=1S/C51H48N5O.Pt/c1-34-27-38(51(6,7)8)28-35(2)48(34)54-26-25-52-49(54)56-44-20-10-9-19-42(44)43-24-23-41(31-47(43)56)57-40-18-14-17-39(30-40)55-33-53(45-21-11-12-22-46(45)55)32-36-15-13-16-37(29-36)50(3,4)5;/h9-29,33H,32H2,1-8H3;/q-3;. The Kier molecular flexibility index (Phi) is 10.1. The summed E-state index contributed by atoms with van der Waals surface area (Å²) in [5, 5.41) is 2.21. The fourth-order valence-corrected chi connectivity index (χ4v) is 8.13. The molecule has 0 saturated carbocycles. The molecule has 2 aromatic heterocycles. The monoisotopic (exact) mass is 941 g/mol. The van der Waals surface area contributed by atoms with Crippen LogP contribution in [0.5, 0.6) is 11.5 Å². The number of anilines is 3. The van der Waals surface area contributed by atoms with E-state index >= 15 is 0 Å². The molecule has 7 heteroatoms. The zero-order chi connectivity index (χ0) is 39.6. The normalized spacial score (nSPS) is 13.0. The predicted octanol–water partition coefficient (Wildman–Crippen LogP) is 12.8. The van der Waals surface area contributed by atoms with Crippen LogP contribution in [0.4, 0.5) is 17.1 Å². The number of para-hydroxylation sites is 3. The van der Waals surface area contributed by atoms with Crippen LogP contribution in [-0.4, -0.2) is 14.1 Å². The maximum Gasteiger partial charge on any atom is 0.217 e. The minimum atomic E-state index is 0. The maximum absolute atomic E-state index is 6.60. The summed E-state index contributed by atoms with van der Waals surface area (Å²) in [7, 11) is 0. The maximum atomic E-state index is 6.60. The minimum Gasteiger partial charge on any atom is -0.509 e. The topological polar surface area (TPSA) is 38.5 Å². The number of hydrogen-bond acceptors (Lipinski definition) is 4. The predicted molar refractivity (Wildman–Crippen MR) is 234 cm³/mol. The summed E-state index contributed by atoms with van der Waals surface area (Å²) in [4.78, 5) is 9.47. The van der Waals surface area contributed by atoms with E-state index in [1.165, 1.54) is 27.8 Å². The molecular formula is C51H48N5OPt-3. The molecule has 0 atom stereocenters. The van der Waals surface area contributed by atoms with Crippen molar-refractivity contribution >= 4 is 38.9 Å². The van der Waals surface area contributed by atoms with Crippen molar-refractivity contribution < 1.29 is 25.8 Å². The van der Waals surface area contributed by atoms with Crippen LogP contribution in [0.3, 0.4) is 0 Å². The summed E-state index contributed by atoms with van der Waals surface area (Å²) in [6.07, 6.45) is 3.94. The van der Waals surface area contributed by atoms with Gasteiger partial charge in [0.1, 0.15) is 0 Å². The first-order valence-corrected chi connectivity index (χ1v) is 19.7. The van der Waals surface area contributed by atoms with E-state index in [0.29, 0.717) is 11.5 Å². The Morgan fingerprint density at radius 2 is 1.36 bits per heavy atom. The van der Waals surface area contributed by atoms with Crippen molar-refractivity contribution in [3.05, 3.63) is 174 Å². The molecule has 0 fully saturated rings. The molecule has 8 aromatic rings. The van der Waals surface area contributed by atoms with E-state index < -0.39 is 0 Å². The Hall–Kier alpha value is -5.58. The summed E-state index contributed by atoms with van der Waals surface area (Å²) in [5.41, 5.74) is 12.7. The number of benzene rings is 6. The minimum absolute atomic E-state index is 0. The quantitative estimate of drug-likeness (QED) is 0.149. The van der Waals surface area contributed by atoms with Crippen LogP contribution in [-0.2, 0) is 38.4 Å². The Morgan fingerprint density at radius 1 is 0.672 bits per heavy atom. The number of nitrogens with zero attached hydrogens (tertiary/aromatic N) is 5. The molecule has 0 amide bonds. The number of ether oxygens (including phenoxy) is 1. The first kappa shape index (κ1) is 39.3. The van der Waals surface area contributed by atoms with Gasteiger partial charge in [0.15, 0.2) is 0 Å². The van der Waals surface area contributed by atoms with E-state index in [1.807, 2.05) is 24.4 Å². The molecule has 0 spiro atoms. The Bertz CT molecular complexity index is 2780. The first-order chi connectivity index (χ1) is 27.3. The van der Waals surface area contributed by atoms with Gasteiger partial charge in [-0.25, -0.2) is 4.98 Å².